The fourth-order valence-electron chi connectivity index (χ4n) is 2.36. The first kappa shape index (κ1) is 12.5. The largest absolute Gasteiger partial charge is 0.383 e. The number of ether oxygens (including phenoxy) is 1. The van der Waals surface area contributed by atoms with Gasteiger partial charge in [0.25, 0.3) is 0 Å². The molecule has 0 heterocycles. The average Bonchev–Trinajstić information content (AvgIpc) is 2.54. The van der Waals surface area contributed by atoms with Gasteiger partial charge in [-0.1, -0.05) is 27.7 Å². The zero-order valence-corrected chi connectivity index (χ0v) is 10.4. The van der Waals surface area contributed by atoms with Gasteiger partial charge in [0.2, 0.25) is 0 Å². The Kier molecular flexibility index (Phi) is 3.41. The van der Waals surface area contributed by atoms with Crippen molar-refractivity contribution in [1.82, 2.24) is 5.43 Å². The Hall–Kier alpha value is -0.610. The Bertz CT molecular complexity index is 245. The van der Waals surface area contributed by atoms with Gasteiger partial charge >= 0.3 is 0 Å². The van der Waals surface area contributed by atoms with Crippen molar-refractivity contribution >= 4 is 5.84 Å². The molecule has 0 aromatic rings. The van der Waals surface area contributed by atoms with Crippen LogP contribution in [0, 0.1) is 16.7 Å². The highest BCUT2D eigenvalue weighted by Gasteiger charge is 2.66. The number of rotatable bonds is 4. The predicted octanol–water partition coefficient (Wildman–Crippen LogP) is 1.18. The minimum atomic E-state index is 0.269. The van der Waals surface area contributed by atoms with Gasteiger partial charge in [0, 0.05) is 13.0 Å². The van der Waals surface area contributed by atoms with Crippen molar-refractivity contribution in [1.29, 1.82) is 0 Å². The first-order chi connectivity index (χ1) is 6.89. The molecule has 4 heteroatoms. The molecule has 1 aliphatic carbocycles. The molecule has 0 spiro atoms. The maximum atomic E-state index is 5.52. The third kappa shape index (κ3) is 2.01. The fourth-order valence-corrected chi connectivity index (χ4v) is 2.36. The Labute approximate surface area is 92.3 Å². The van der Waals surface area contributed by atoms with Gasteiger partial charge in [0.05, 0.1) is 13.2 Å². The first-order valence-corrected chi connectivity index (χ1v) is 5.39. The Morgan fingerprint density at radius 1 is 1.33 bits per heavy atom. The molecule has 1 fully saturated rings. The number of amidine groups is 1. The van der Waals surface area contributed by atoms with E-state index in [9.17, 15) is 0 Å². The molecule has 0 bridgehead atoms. The summed E-state index contributed by atoms with van der Waals surface area (Å²) in [5.41, 5.74) is 3.27. The number of aliphatic imine (C=N–C) groups is 1. The molecule has 15 heavy (non-hydrogen) atoms. The van der Waals surface area contributed by atoms with E-state index < -0.39 is 0 Å². The normalized spacial score (nSPS) is 24.0. The predicted molar refractivity (Wildman–Crippen MR) is 62.6 cm³/mol. The van der Waals surface area contributed by atoms with Gasteiger partial charge in [-0.15, -0.1) is 0 Å². The van der Waals surface area contributed by atoms with Gasteiger partial charge in [-0.25, -0.2) is 5.84 Å². The topological polar surface area (TPSA) is 59.6 Å². The summed E-state index contributed by atoms with van der Waals surface area (Å²) >= 11 is 0. The number of nitrogens with two attached hydrogens (primary N) is 1. The number of nitrogens with one attached hydrogen (secondary N) is 1. The quantitative estimate of drug-likeness (QED) is 0.242. The standard InChI is InChI=1S/C11H23N3O/c1-10(2)8(11(10,3)4)9(14-12)13-6-7-15-5/h8H,6-7,12H2,1-5H3,(H,13,14). The second-order valence-corrected chi connectivity index (χ2v) is 5.28. The maximum absolute atomic E-state index is 5.52. The second-order valence-electron chi connectivity index (χ2n) is 5.28. The lowest BCUT2D eigenvalue weighted by Gasteiger charge is -2.07. The molecule has 3 N–H and O–H groups in total. The van der Waals surface area contributed by atoms with Crippen LogP contribution in [-0.4, -0.2) is 26.1 Å². The van der Waals surface area contributed by atoms with Gasteiger partial charge in [-0.05, 0) is 10.8 Å². The molecular weight excluding hydrogens is 190 g/mol. The molecule has 4 nitrogen and oxygen atoms in total. The lowest BCUT2D eigenvalue weighted by atomic mass is 10.0. The summed E-state index contributed by atoms with van der Waals surface area (Å²) in [6.45, 7) is 10.3. The third-order valence-electron chi connectivity index (χ3n) is 4.02. The van der Waals surface area contributed by atoms with Crippen LogP contribution in [-0.2, 0) is 4.74 Å². The van der Waals surface area contributed by atoms with Gasteiger partial charge < -0.3 is 10.2 Å². The highest BCUT2D eigenvalue weighted by Crippen LogP contribution is 2.68. The zero-order chi connectivity index (χ0) is 11.7. The molecule has 0 unspecified atom stereocenters. The minimum absolute atomic E-state index is 0.269. The van der Waals surface area contributed by atoms with E-state index in [0.717, 1.165) is 5.84 Å². The van der Waals surface area contributed by atoms with Crippen molar-refractivity contribution < 1.29 is 4.74 Å². The number of hydrogen-bond acceptors (Lipinski definition) is 3. The Morgan fingerprint density at radius 2 is 1.87 bits per heavy atom. The number of hydrogen-bond donors (Lipinski definition) is 2. The molecule has 0 atom stereocenters. The molecule has 1 aliphatic rings. The molecule has 0 amide bonds. The summed E-state index contributed by atoms with van der Waals surface area (Å²) in [5.74, 6) is 6.84. The van der Waals surface area contributed by atoms with Crippen LogP contribution in [0.2, 0.25) is 0 Å². The number of methoxy groups -OCH3 is 1. The van der Waals surface area contributed by atoms with Crippen LogP contribution in [0.1, 0.15) is 27.7 Å². The molecule has 88 valence electrons. The van der Waals surface area contributed by atoms with Crippen molar-refractivity contribution in [3.8, 4) is 0 Å². The van der Waals surface area contributed by atoms with Crippen LogP contribution in [0.25, 0.3) is 0 Å². The molecule has 0 saturated heterocycles. The van der Waals surface area contributed by atoms with E-state index in [-0.39, 0.29) is 10.8 Å². The van der Waals surface area contributed by atoms with E-state index >= 15 is 0 Å². The Balaban J connectivity index is 2.66. The highest BCUT2D eigenvalue weighted by atomic mass is 16.5. The molecule has 1 saturated carbocycles. The monoisotopic (exact) mass is 213 g/mol. The average molecular weight is 213 g/mol. The van der Waals surface area contributed by atoms with E-state index in [1.54, 1.807) is 7.11 Å². The van der Waals surface area contributed by atoms with Crippen molar-refractivity contribution in [2.24, 2.45) is 27.6 Å². The third-order valence-corrected chi connectivity index (χ3v) is 4.02. The summed E-state index contributed by atoms with van der Waals surface area (Å²) in [6, 6.07) is 0. The van der Waals surface area contributed by atoms with Crippen LogP contribution in [0.5, 0.6) is 0 Å². The van der Waals surface area contributed by atoms with E-state index in [2.05, 4.69) is 38.1 Å². The van der Waals surface area contributed by atoms with Crippen molar-refractivity contribution in [3.63, 3.8) is 0 Å². The molecule has 0 radical (unpaired) electrons. The van der Waals surface area contributed by atoms with Gasteiger partial charge in [-0.3, -0.25) is 4.99 Å². The van der Waals surface area contributed by atoms with Crippen LogP contribution in [0.4, 0.5) is 0 Å². The van der Waals surface area contributed by atoms with Crippen LogP contribution >= 0.6 is 0 Å². The summed E-state index contributed by atoms with van der Waals surface area (Å²) < 4.78 is 4.97. The van der Waals surface area contributed by atoms with Gasteiger partial charge in [0.1, 0.15) is 5.84 Å². The van der Waals surface area contributed by atoms with Crippen molar-refractivity contribution in [2.45, 2.75) is 27.7 Å². The smallest absolute Gasteiger partial charge is 0.115 e. The van der Waals surface area contributed by atoms with E-state index in [1.807, 2.05) is 0 Å². The number of nitrogens with zero attached hydrogens (tertiary/aromatic N) is 1. The van der Waals surface area contributed by atoms with Crippen LogP contribution < -0.4 is 11.3 Å². The Morgan fingerprint density at radius 3 is 2.20 bits per heavy atom. The maximum Gasteiger partial charge on any atom is 0.115 e. The first-order valence-electron chi connectivity index (χ1n) is 5.39. The SMILES string of the molecule is COCCN=C(NN)C1C(C)(C)C1(C)C. The van der Waals surface area contributed by atoms with Gasteiger partial charge in [-0.2, -0.15) is 0 Å². The van der Waals surface area contributed by atoms with Crippen LogP contribution in [0.15, 0.2) is 4.99 Å². The van der Waals surface area contributed by atoms with E-state index in [0.29, 0.717) is 19.1 Å². The van der Waals surface area contributed by atoms with Crippen LogP contribution in [0.3, 0.4) is 0 Å². The van der Waals surface area contributed by atoms with Gasteiger partial charge in [0.15, 0.2) is 0 Å². The molecule has 0 aliphatic heterocycles. The second kappa shape index (κ2) is 4.10. The molecule has 0 aromatic carbocycles. The molecule has 1 rings (SSSR count). The summed E-state index contributed by atoms with van der Waals surface area (Å²) in [4.78, 5) is 4.44. The summed E-state index contributed by atoms with van der Waals surface area (Å²) in [6.07, 6.45) is 0. The summed E-state index contributed by atoms with van der Waals surface area (Å²) in [7, 11) is 1.68. The van der Waals surface area contributed by atoms with Crippen molar-refractivity contribution in [3.05, 3.63) is 0 Å². The molecule has 0 aromatic heterocycles. The number of hydrazine groups is 1. The van der Waals surface area contributed by atoms with E-state index in [1.165, 1.54) is 0 Å². The van der Waals surface area contributed by atoms with E-state index in [4.69, 9.17) is 10.6 Å². The van der Waals surface area contributed by atoms with Crippen molar-refractivity contribution in [2.75, 3.05) is 20.3 Å². The molecular formula is C11H23N3O. The minimum Gasteiger partial charge on any atom is -0.383 e. The summed E-state index contributed by atoms with van der Waals surface area (Å²) in [5, 5.41) is 0. The lowest BCUT2D eigenvalue weighted by molar-refractivity contribution is 0.208. The lowest BCUT2D eigenvalue weighted by Crippen LogP contribution is -2.34. The fraction of sp³-hybridized carbons (Fsp3) is 0.909. The zero-order valence-electron chi connectivity index (χ0n) is 10.4. The highest BCUT2D eigenvalue weighted by molar-refractivity contribution is 5.88.